The van der Waals surface area contributed by atoms with Crippen molar-refractivity contribution in [2.45, 2.75) is 16.1 Å². The first kappa shape index (κ1) is 16.7. The Balaban J connectivity index is 2.55. The Bertz CT molecular complexity index is 657. The molecule has 0 heterocycles. The van der Waals surface area contributed by atoms with E-state index in [1.807, 2.05) is 42.5 Å². The van der Waals surface area contributed by atoms with Gasteiger partial charge in [0.25, 0.3) is 0 Å². The highest BCUT2D eigenvalue weighted by atomic mass is 35.5. The number of benzene rings is 2. The lowest BCUT2D eigenvalue weighted by molar-refractivity contribution is -0.143. The van der Waals surface area contributed by atoms with Crippen molar-refractivity contribution in [3.8, 4) is 0 Å². The van der Waals surface area contributed by atoms with E-state index >= 15 is 0 Å². The van der Waals surface area contributed by atoms with E-state index in [2.05, 4.69) is 6.58 Å². The summed E-state index contributed by atoms with van der Waals surface area (Å²) >= 11 is 7.57. The van der Waals surface area contributed by atoms with Gasteiger partial charge in [-0.05, 0) is 36.2 Å². The number of hydrogen-bond acceptors (Lipinski definition) is 3. The zero-order valence-corrected chi connectivity index (χ0v) is 13.9. The Hall–Kier alpha value is -1.71. The standard InChI is InChI=1S/C18H17ClO2S/c1-3-12-18(17(20)21-2,14-8-7-9-15(19)13-14)22-16-10-5-4-6-11-16/h3-11,13H,1,12H2,2H3. The molecule has 4 heteroatoms. The second kappa shape index (κ2) is 7.52. The third-order valence-corrected chi connectivity index (χ3v) is 4.93. The molecule has 22 heavy (non-hydrogen) atoms. The fourth-order valence-corrected chi connectivity index (χ4v) is 3.76. The van der Waals surface area contributed by atoms with Crippen LogP contribution in [0.3, 0.4) is 0 Å². The van der Waals surface area contributed by atoms with E-state index in [0.717, 1.165) is 10.5 Å². The first-order chi connectivity index (χ1) is 10.6. The van der Waals surface area contributed by atoms with Crippen molar-refractivity contribution in [2.75, 3.05) is 7.11 Å². The summed E-state index contributed by atoms with van der Waals surface area (Å²) in [5.74, 6) is -0.316. The zero-order valence-electron chi connectivity index (χ0n) is 12.3. The number of thioether (sulfide) groups is 1. The van der Waals surface area contributed by atoms with Crippen LogP contribution in [-0.2, 0) is 14.3 Å². The second-order valence-corrected chi connectivity index (χ2v) is 6.55. The maximum Gasteiger partial charge on any atom is 0.327 e. The number of carbonyl (C=O) groups is 1. The Morgan fingerprint density at radius 3 is 2.59 bits per heavy atom. The molecule has 0 aliphatic rings. The van der Waals surface area contributed by atoms with Crippen LogP contribution in [0.1, 0.15) is 12.0 Å². The van der Waals surface area contributed by atoms with Gasteiger partial charge in [0.2, 0.25) is 0 Å². The van der Waals surface area contributed by atoms with Gasteiger partial charge < -0.3 is 4.74 Å². The van der Waals surface area contributed by atoms with Crippen molar-refractivity contribution < 1.29 is 9.53 Å². The third kappa shape index (κ3) is 3.54. The molecule has 0 N–H and O–H groups in total. The van der Waals surface area contributed by atoms with Gasteiger partial charge >= 0.3 is 5.97 Å². The molecule has 0 bridgehead atoms. The van der Waals surface area contributed by atoms with Gasteiger partial charge in [-0.1, -0.05) is 48.0 Å². The molecule has 2 aromatic rings. The Morgan fingerprint density at radius 2 is 2.00 bits per heavy atom. The van der Waals surface area contributed by atoms with Crippen LogP contribution in [0.4, 0.5) is 0 Å². The molecule has 2 aromatic carbocycles. The van der Waals surface area contributed by atoms with Gasteiger partial charge in [-0.25, -0.2) is 0 Å². The van der Waals surface area contributed by atoms with Gasteiger partial charge in [-0.15, -0.1) is 18.3 Å². The summed E-state index contributed by atoms with van der Waals surface area (Å²) in [5, 5.41) is 0.587. The van der Waals surface area contributed by atoms with E-state index in [1.165, 1.54) is 18.9 Å². The average molecular weight is 333 g/mol. The Morgan fingerprint density at radius 1 is 1.27 bits per heavy atom. The van der Waals surface area contributed by atoms with Crippen molar-refractivity contribution in [3.05, 3.63) is 77.8 Å². The largest absolute Gasteiger partial charge is 0.468 e. The van der Waals surface area contributed by atoms with Crippen LogP contribution in [0.2, 0.25) is 5.02 Å². The van der Waals surface area contributed by atoms with Crippen molar-refractivity contribution >= 4 is 29.3 Å². The topological polar surface area (TPSA) is 26.3 Å². The quantitative estimate of drug-likeness (QED) is 0.419. The van der Waals surface area contributed by atoms with Gasteiger partial charge in [0.05, 0.1) is 7.11 Å². The molecule has 0 aliphatic carbocycles. The first-order valence-electron chi connectivity index (χ1n) is 6.82. The summed E-state index contributed by atoms with van der Waals surface area (Å²) in [7, 11) is 1.40. The number of halogens is 1. The molecular formula is C18H17ClO2S. The number of ether oxygens (including phenoxy) is 1. The minimum absolute atomic E-state index is 0.316. The minimum atomic E-state index is -0.900. The maximum atomic E-state index is 12.6. The summed E-state index contributed by atoms with van der Waals surface area (Å²) < 4.78 is 4.18. The number of hydrogen-bond donors (Lipinski definition) is 0. The summed E-state index contributed by atoms with van der Waals surface area (Å²) in [6, 6.07) is 17.1. The summed E-state index contributed by atoms with van der Waals surface area (Å²) in [5.41, 5.74) is 0.806. The van der Waals surface area contributed by atoms with Gasteiger partial charge in [-0.2, -0.15) is 0 Å². The zero-order chi connectivity index (χ0) is 16.0. The molecule has 0 spiro atoms. The fraction of sp³-hybridized carbons (Fsp3) is 0.167. The molecule has 1 atom stereocenters. The van der Waals surface area contributed by atoms with Crippen molar-refractivity contribution in [1.82, 2.24) is 0 Å². The molecule has 0 fully saturated rings. The Labute approximate surface area is 140 Å². The van der Waals surface area contributed by atoms with Gasteiger partial charge in [-0.3, -0.25) is 4.79 Å². The molecule has 1 unspecified atom stereocenters. The SMILES string of the molecule is C=CCC(Sc1ccccc1)(C(=O)OC)c1cccc(Cl)c1. The number of allylic oxidation sites excluding steroid dienone is 1. The highest BCUT2D eigenvalue weighted by molar-refractivity contribution is 8.01. The number of esters is 1. The molecule has 0 aliphatic heterocycles. The summed E-state index contributed by atoms with van der Waals surface area (Å²) in [6.07, 6.45) is 2.17. The van der Waals surface area contributed by atoms with Gasteiger partial charge in [0, 0.05) is 9.92 Å². The lowest BCUT2D eigenvalue weighted by atomic mass is 9.94. The smallest absolute Gasteiger partial charge is 0.327 e. The van der Waals surface area contributed by atoms with Gasteiger partial charge in [0.1, 0.15) is 4.75 Å². The van der Waals surface area contributed by atoms with E-state index in [9.17, 15) is 4.79 Å². The van der Waals surface area contributed by atoms with Crippen LogP contribution in [0.5, 0.6) is 0 Å². The van der Waals surface area contributed by atoms with Crippen LogP contribution < -0.4 is 0 Å². The summed E-state index contributed by atoms with van der Waals surface area (Å²) in [4.78, 5) is 13.6. The maximum absolute atomic E-state index is 12.6. The first-order valence-corrected chi connectivity index (χ1v) is 8.01. The normalized spacial score (nSPS) is 13.2. The molecule has 0 saturated carbocycles. The minimum Gasteiger partial charge on any atom is -0.468 e. The molecule has 2 rings (SSSR count). The van der Waals surface area contributed by atoms with E-state index in [0.29, 0.717) is 11.4 Å². The molecule has 0 saturated heterocycles. The van der Waals surface area contributed by atoms with Crippen molar-refractivity contribution in [3.63, 3.8) is 0 Å². The third-order valence-electron chi connectivity index (χ3n) is 3.27. The molecule has 2 nitrogen and oxygen atoms in total. The lowest BCUT2D eigenvalue weighted by Crippen LogP contribution is -2.33. The number of rotatable bonds is 6. The van der Waals surface area contributed by atoms with Crippen molar-refractivity contribution in [1.29, 1.82) is 0 Å². The van der Waals surface area contributed by atoms with Crippen LogP contribution in [0, 0.1) is 0 Å². The van der Waals surface area contributed by atoms with E-state index in [1.54, 1.807) is 18.2 Å². The van der Waals surface area contributed by atoms with E-state index < -0.39 is 4.75 Å². The van der Waals surface area contributed by atoms with Crippen molar-refractivity contribution in [2.24, 2.45) is 0 Å². The average Bonchev–Trinajstić information content (AvgIpc) is 2.54. The molecule has 0 aromatic heterocycles. The molecular weight excluding hydrogens is 316 g/mol. The van der Waals surface area contributed by atoms with Crippen LogP contribution in [0.15, 0.2) is 72.1 Å². The van der Waals surface area contributed by atoms with Crippen LogP contribution in [-0.4, -0.2) is 13.1 Å². The van der Waals surface area contributed by atoms with Gasteiger partial charge in [0.15, 0.2) is 0 Å². The summed E-state index contributed by atoms with van der Waals surface area (Å²) in [6.45, 7) is 3.80. The predicted molar refractivity (Wildman–Crippen MR) is 92.3 cm³/mol. The van der Waals surface area contributed by atoms with Crippen LogP contribution >= 0.6 is 23.4 Å². The fourth-order valence-electron chi connectivity index (χ4n) is 2.26. The predicted octanol–water partition coefficient (Wildman–Crippen LogP) is 5.08. The van der Waals surface area contributed by atoms with E-state index in [4.69, 9.17) is 16.3 Å². The second-order valence-electron chi connectivity index (χ2n) is 4.74. The highest BCUT2D eigenvalue weighted by Gasteiger charge is 2.41. The number of carbonyl (C=O) groups excluding carboxylic acids is 1. The lowest BCUT2D eigenvalue weighted by Gasteiger charge is -2.30. The molecule has 114 valence electrons. The number of methoxy groups -OCH3 is 1. The van der Waals surface area contributed by atoms with E-state index in [-0.39, 0.29) is 5.97 Å². The molecule has 0 radical (unpaired) electrons. The highest BCUT2D eigenvalue weighted by Crippen LogP contribution is 2.46. The van der Waals surface area contributed by atoms with Crippen LogP contribution in [0.25, 0.3) is 0 Å². The monoisotopic (exact) mass is 332 g/mol. The molecule has 0 amide bonds. The Kier molecular flexibility index (Phi) is 5.69.